The molecule has 11 heavy (non-hydrogen) atoms. The second-order valence-corrected chi connectivity index (χ2v) is 3.55. The third-order valence-electron chi connectivity index (χ3n) is 2.71. The van der Waals surface area contributed by atoms with E-state index in [-0.39, 0.29) is 24.3 Å². The average Bonchev–Trinajstić information content (AvgIpc) is 2.32. The number of aliphatic hydroxyl groups is 1. The first-order chi connectivity index (χ1) is 5.13. The van der Waals surface area contributed by atoms with Gasteiger partial charge in [-0.15, -0.1) is 0 Å². The van der Waals surface area contributed by atoms with E-state index in [0.29, 0.717) is 0 Å². The van der Waals surface area contributed by atoms with Gasteiger partial charge in [0.2, 0.25) is 0 Å². The molecule has 0 aromatic carbocycles. The monoisotopic (exact) mass is 154 g/mol. The third-order valence-corrected chi connectivity index (χ3v) is 2.71. The molecule has 0 bridgehead atoms. The highest BCUT2D eigenvalue weighted by molar-refractivity contribution is 6.66. The van der Waals surface area contributed by atoms with Gasteiger partial charge in [0.15, 0.2) is 6.71 Å². The Balaban J connectivity index is 2.58. The maximum Gasteiger partial charge on any atom is 0.186 e. The number of hydrogen-bond acceptors (Lipinski definition) is 2. The first-order valence-electron chi connectivity index (χ1n) is 4.31. The van der Waals surface area contributed by atoms with Crippen LogP contribution in [0.15, 0.2) is 0 Å². The van der Waals surface area contributed by atoms with Gasteiger partial charge in [0, 0.05) is 6.00 Å². The minimum atomic E-state index is -0.314. The fourth-order valence-corrected chi connectivity index (χ4v) is 2.07. The molecule has 0 aromatic rings. The Morgan fingerprint density at radius 2 is 2.36 bits per heavy atom. The van der Waals surface area contributed by atoms with E-state index in [1.165, 1.54) is 0 Å². The van der Waals surface area contributed by atoms with Crippen LogP contribution in [0.25, 0.3) is 0 Å². The van der Waals surface area contributed by atoms with E-state index < -0.39 is 0 Å². The Morgan fingerprint density at radius 3 is 2.73 bits per heavy atom. The summed E-state index contributed by atoms with van der Waals surface area (Å²) in [4.78, 5) is 11.0. The van der Waals surface area contributed by atoms with Gasteiger partial charge in [-0.1, -0.05) is 19.2 Å². The lowest BCUT2D eigenvalue weighted by Crippen LogP contribution is -2.32. The molecule has 1 aliphatic heterocycles. The van der Waals surface area contributed by atoms with E-state index in [0.717, 1.165) is 19.2 Å². The molecule has 0 spiro atoms. The van der Waals surface area contributed by atoms with Crippen LogP contribution in [-0.4, -0.2) is 23.6 Å². The van der Waals surface area contributed by atoms with E-state index >= 15 is 0 Å². The van der Waals surface area contributed by atoms with Gasteiger partial charge in [-0.05, 0) is 19.7 Å². The molecule has 0 aliphatic carbocycles. The lowest BCUT2D eigenvalue weighted by Gasteiger charge is -2.15. The molecule has 62 valence electrons. The van der Waals surface area contributed by atoms with Gasteiger partial charge >= 0.3 is 0 Å². The molecule has 2 atom stereocenters. The van der Waals surface area contributed by atoms with Crippen molar-refractivity contribution in [3.63, 3.8) is 0 Å². The van der Waals surface area contributed by atoms with Crippen LogP contribution < -0.4 is 0 Å². The molecule has 1 aliphatic rings. The zero-order valence-electron chi connectivity index (χ0n) is 7.21. The lowest BCUT2D eigenvalue weighted by molar-refractivity contribution is -0.117. The molecule has 1 heterocycles. The molecule has 0 saturated carbocycles. The Labute approximate surface area is 68.1 Å². The molecule has 1 rings (SSSR count). The number of ketones is 1. The number of rotatable bonds is 2. The van der Waals surface area contributed by atoms with E-state index in [1.54, 1.807) is 13.8 Å². The molecule has 1 fully saturated rings. The highest BCUT2D eigenvalue weighted by atomic mass is 16.3. The van der Waals surface area contributed by atoms with Crippen molar-refractivity contribution in [2.24, 2.45) is 0 Å². The number of aliphatic hydroxyl groups excluding tert-OH is 1. The van der Waals surface area contributed by atoms with Crippen molar-refractivity contribution in [3.05, 3.63) is 0 Å². The van der Waals surface area contributed by atoms with Crippen LogP contribution in [0.4, 0.5) is 0 Å². The smallest absolute Gasteiger partial charge is 0.186 e. The van der Waals surface area contributed by atoms with Crippen molar-refractivity contribution in [1.29, 1.82) is 0 Å². The largest absolute Gasteiger partial charge is 0.402 e. The number of Topliss-reactive ketones (excluding diaryl/α,β-unsaturated/α-hetero) is 1. The van der Waals surface area contributed by atoms with Gasteiger partial charge in [-0.25, -0.2) is 0 Å². The number of carbonyl (C=O) groups is 1. The van der Waals surface area contributed by atoms with E-state index in [1.807, 2.05) is 0 Å². The fraction of sp³-hybridized carbons (Fsp3) is 0.875. The predicted octanol–water partition coefficient (Wildman–Crippen LogP) is 1.15. The van der Waals surface area contributed by atoms with Gasteiger partial charge in [0.1, 0.15) is 5.78 Å². The average molecular weight is 154 g/mol. The summed E-state index contributed by atoms with van der Waals surface area (Å²) in [5, 5.41) is 9.32. The minimum Gasteiger partial charge on any atom is -0.402 e. The van der Waals surface area contributed by atoms with Gasteiger partial charge in [0.25, 0.3) is 0 Å². The minimum absolute atomic E-state index is 0.134. The molecule has 2 unspecified atom stereocenters. The van der Waals surface area contributed by atoms with Crippen LogP contribution >= 0.6 is 0 Å². The van der Waals surface area contributed by atoms with Crippen molar-refractivity contribution >= 4 is 12.5 Å². The van der Waals surface area contributed by atoms with Crippen LogP contribution in [0.5, 0.6) is 0 Å². The summed E-state index contributed by atoms with van der Waals surface area (Å²) in [6, 6.07) is -0.314. The highest BCUT2D eigenvalue weighted by Crippen LogP contribution is 2.32. The van der Waals surface area contributed by atoms with Crippen molar-refractivity contribution in [3.8, 4) is 0 Å². The zero-order valence-corrected chi connectivity index (χ0v) is 7.21. The Morgan fingerprint density at radius 1 is 1.73 bits per heavy atom. The SMILES string of the molecule is CC(=O)C1CCCB1C(C)O. The second kappa shape index (κ2) is 3.39. The van der Waals surface area contributed by atoms with E-state index in [9.17, 15) is 9.90 Å². The van der Waals surface area contributed by atoms with E-state index in [4.69, 9.17) is 0 Å². The van der Waals surface area contributed by atoms with Crippen molar-refractivity contribution in [2.45, 2.75) is 44.8 Å². The predicted molar refractivity (Wildman–Crippen MR) is 45.9 cm³/mol. The van der Waals surface area contributed by atoms with Crippen molar-refractivity contribution in [2.75, 3.05) is 0 Å². The van der Waals surface area contributed by atoms with Gasteiger partial charge in [0.05, 0.1) is 0 Å². The maximum atomic E-state index is 11.0. The summed E-state index contributed by atoms with van der Waals surface area (Å²) in [6.07, 6.45) is 3.09. The first-order valence-corrected chi connectivity index (χ1v) is 4.31. The molecule has 1 N–H and O–H groups in total. The van der Waals surface area contributed by atoms with Gasteiger partial charge in [-0.2, -0.15) is 0 Å². The molecular weight excluding hydrogens is 139 g/mol. The second-order valence-electron chi connectivity index (χ2n) is 3.55. The molecule has 2 nitrogen and oxygen atoms in total. The Hall–Kier alpha value is -0.305. The molecular formula is C8H15BO2. The summed E-state index contributed by atoms with van der Waals surface area (Å²) < 4.78 is 0. The van der Waals surface area contributed by atoms with Gasteiger partial charge in [-0.3, -0.25) is 0 Å². The Bertz CT molecular complexity index is 156. The summed E-state index contributed by atoms with van der Waals surface area (Å²) in [7, 11) is 0. The zero-order chi connectivity index (χ0) is 8.43. The molecule has 0 amide bonds. The van der Waals surface area contributed by atoms with Crippen LogP contribution in [0.3, 0.4) is 0 Å². The fourth-order valence-electron chi connectivity index (χ4n) is 2.07. The lowest BCUT2D eigenvalue weighted by atomic mass is 9.38. The van der Waals surface area contributed by atoms with Gasteiger partial charge < -0.3 is 9.90 Å². The standard InChI is InChI=1S/C8H15BO2/c1-6(10)8-4-3-5-9(8)7(2)11/h7-8,11H,3-5H2,1-2H3. The molecule has 3 heteroatoms. The molecule has 1 saturated heterocycles. The number of hydrogen-bond donors (Lipinski definition) is 1. The summed E-state index contributed by atoms with van der Waals surface area (Å²) in [5.74, 6) is 0.378. The normalized spacial score (nSPS) is 27.2. The van der Waals surface area contributed by atoms with Crippen LogP contribution in [0.2, 0.25) is 12.1 Å². The van der Waals surface area contributed by atoms with Crippen LogP contribution in [0.1, 0.15) is 26.7 Å². The van der Waals surface area contributed by atoms with Crippen molar-refractivity contribution in [1.82, 2.24) is 0 Å². The maximum absolute atomic E-state index is 11.0. The summed E-state index contributed by atoms with van der Waals surface area (Å²) in [6.45, 7) is 3.64. The molecule has 0 aromatic heterocycles. The first kappa shape index (κ1) is 8.79. The Kier molecular flexibility index (Phi) is 2.71. The third kappa shape index (κ3) is 1.83. The quantitative estimate of drug-likeness (QED) is 0.605. The van der Waals surface area contributed by atoms with Crippen molar-refractivity contribution < 1.29 is 9.90 Å². The topological polar surface area (TPSA) is 37.3 Å². The van der Waals surface area contributed by atoms with E-state index in [2.05, 4.69) is 0 Å². The van der Waals surface area contributed by atoms with Crippen LogP contribution in [0, 0.1) is 0 Å². The highest BCUT2D eigenvalue weighted by Gasteiger charge is 2.36. The number of carbonyl (C=O) groups excluding carboxylic acids is 1. The summed E-state index contributed by atoms with van der Waals surface area (Å²) >= 11 is 0. The molecule has 0 radical (unpaired) electrons. The summed E-state index contributed by atoms with van der Waals surface area (Å²) in [5.41, 5.74) is 0. The van der Waals surface area contributed by atoms with Crippen LogP contribution in [-0.2, 0) is 4.79 Å².